The summed E-state index contributed by atoms with van der Waals surface area (Å²) < 4.78 is 2.71. The van der Waals surface area contributed by atoms with Crippen LogP contribution in [0.3, 0.4) is 0 Å². The average Bonchev–Trinajstić information content (AvgIpc) is 2.52. The van der Waals surface area contributed by atoms with Crippen molar-refractivity contribution in [1.82, 2.24) is 14.7 Å². The van der Waals surface area contributed by atoms with Gasteiger partial charge in [0.05, 0.1) is 11.7 Å². The highest BCUT2D eigenvalue weighted by Crippen LogP contribution is 2.21. The molecule has 0 unspecified atom stereocenters. The third-order valence-corrected chi connectivity index (χ3v) is 2.83. The van der Waals surface area contributed by atoms with Crippen molar-refractivity contribution in [3.63, 3.8) is 0 Å². The summed E-state index contributed by atoms with van der Waals surface area (Å²) in [5, 5.41) is 12.5. The van der Waals surface area contributed by atoms with Crippen LogP contribution in [0.25, 0.3) is 5.52 Å². The molecule has 0 aliphatic carbocycles. The van der Waals surface area contributed by atoms with Gasteiger partial charge in [-0.3, -0.25) is 4.40 Å². The third-order valence-electron chi connectivity index (χ3n) is 2.25. The number of nitrogens with one attached hydrogen (secondary N) is 1. The number of halogens is 1. The first kappa shape index (κ1) is 10.4. The zero-order valence-corrected chi connectivity index (χ0v) is 9.95. The van der Waals surface area contributed by atoms with E-state index in [9.17, 15) is 5.11 Å². The van der Waals surface area contributed by atoms with Crippen LogP contribution in [-0.2, 0) is 6.42 Å². The van der Waals surface area contributed by atoms with Crippen LogP contribution in [0.1, 0.15) is 5.82 Å². The maximum absolute atomic E-state index is 9.41. The maximum Gasteiger partial charge on any atom is 0.132 e. The number of nitrogens with zero attached hydrogens (tertiary/aromatic N) is 2. The molecule has 0 aliphatic rings. The van der Waals surface area contributed by atoms with Gasteiger partial charge in [-0.25, -0.2) is 4.98 Å². The first-order chi connectivity index (χ1) is 7.22. The second-order valence-electron chi connectivity index (χ2n) is 3.31. The van der Waals surface area contributed by atoms with Crippen molar-refractivity contribution in [3.05, 3.63) is 28.8 Å². The Morgan fingerprint density at radius 3 is 3.07 bits per heavy atom. The van der Waals surface area contributed by atoms with Crippen LogP contribution in [-0.4, -0.2) is 28.1 Å². The number of fused-ring (bicyclic) bond motifs is 1. The third kappa shape index (κ3) is 1.98. The molecule has 0 amide bonds. The number of hydrogen-bond donors (Lipinski definition) is 2. The van der Waals surface area contributed by atoms with Crippen LogP contribution >= 0.6 is 15.9 Å². The van der Waals surface area contributed by atoms with Crippen molar-refractivity contribution in [2.45, 2.75) is 6.42 Å². The Balaban J connectivity index is 2.49. The fourth-order valence-electron chi connectivity index (χ4n) is 1.51. The normalized spacial score (nSPS) is 11.1. The zero-order valence-electron chi connectivity index (χ0n) is 8.37. The van der Waals surface area contributed by atoms with Crippen LogP contribution in [0.2, 0.25) is 0 Å². The van der Waals surface area contributed by atoms with E-state index in [1.807, 2.05) is 17.5 Å². The summed E-state index contributed by atoms with van der Waals surface area (Å²) in [7, 11) is 1.91. The summed E-state index contributed by atoms with van der Waals surface area (Å²) in [4.78, 5) is 4.40. The second kappa shape index (κ2) is 4.20. The van der Waals surface area contributed by atoms with Gasteiger partial charge in [-0.05, 0) is 35.1 Å². The van der Waals surface area contributed by atoms with E-state index in [2.05, 4.69) is 26.2 Å². The minimum absolute atomic E-state index is 0.248. The molecule has 0 aromatic carbocycles. The van der Waals surface area contributed by atoms with E-state index in [4.69, 9.17) is 0 Å². The molecule has 15 heavy (non-hydrogen) atoms. The topological polar surface area (TPSA) is 49.6 Å². The van der Waals surface area contributed by atoms with Crippen LogP contribution in [0.4, 0.5) is 0 Å². The van der Waals surface area contributed by atoms with Crippen molar-refractivity contribution in [2.75, 3.05) is 13.6 Å². The summed E-state index contributed by atoms with van der Waals surface area (Å²) in [6.07, 6.45) is 2.50. The van der Waals surface area contributed by atoms with Crippen molar-refractivity contribution >= 4 is 21.4 Å². The summed E-state index contributed by atoms with van der Waals surface area (Å²) in [5.41, 5.74) is 0.971. The van der Waals surface area contributed by atoms with Gasteiger partial charge in [-0.1, -0.05) is 0 Å². The lowest BCUT2D eigenvalue weighted by Crippen LogP contribution is -2.12. The van der Waals surface area contributed by atoms with E-state index in [0.717, 1.165) is 28.9 Å². The van der Waals surface area contributed by atoms with Crippen molar-refractivity contribution < 1.29 is 5.11 Å². The Hall–Kier alpha value is -1.07. The molecule has 0 spiro atoms. The Bertz CT molecular complexity index is 481. The maximum atomic E-state index is 9.41. The highest BCUT2D eigenvalue weighted by molar-refractivity contribution is 9.10. The number of imidazole rings is 1. The number of aromatic nitrogens is 2. The molecule has 2 heterocycles. The van der Waals surface area contributed by atoms with E-state index in [1.54, 1.807) is 12.3 Å². The Kier molecular flexibility index (Phi) is 2.93. The Labute approximate surface area is 96.1 Å². The first-order valence-electron chi connectivity index (χ1n) is 4.72. The van der Waals surface area contributed by atoms with Crippen LogP contribution in [0.15, 0.2) is 22.9 Å². The minimum atomic E-state index is 0.248. The number of rotatable bonds is 3. The molecule has 4 nitrogen and oxygen atoms in total. The average molecular weight is 270 g/mol. The SMILES string of the molecule is CNCCc1nc(Br)c2ccc(O)cn12. The molecule has 0 saturated heterocycles. The van der Waals surface area contributed by atoms with Gasteiger partial charge < -0.3 is 10.4 Å². The predicted octanol–water partition coefficient (Wildman–Crippen LogP) is 1.56. The molecule has 0 bridgehead atoms. The summed E-state index contributed by atoms with van der Waals surface area (Å²) in [6.45, 7) is 0.862. The summed E-state index contributed by atoms with van der Waals surface area (Å²) in [5.74, 6) is 1.18. The van der Waals surface area contributed by atoms with E-state index in [-0.39, 0.29) is 5.75 Å². The highest BCUT2D eigenvalue weighted by atomic mass is 79.9. The number of likely N-dealkylation sites (N-methyl/N-ethyl adjacent to an activating group) is 1. The standard InChI is InChI=1S/C10H12BrN3O/c1-12-5-4-9-13-10(11)8-3-2-7(15)6-14(8)9/h2-3,6,12,15H,4-5H2,1H3. The lowest BCUT2D eigenvalue weighted by molar-refractivity contribution is 0.471. The second-order valence-corrected chi connectivity index (χ2v) is 4.07. The molecule has 2 aromatic rings. The molecule has 2 aromatic heterocycles. The van der Waals surface area contributed by atoms with Gasteiger partial charge >= 0.3 is 0 Å². The van der Waals surface area contributed by atoms with Crippen molar-refractivity contribution in [2.24, 2.45) is 0 Å². The van der Waals surface area contributed by atoms with E-state index >= 15 is 0 Å². The minimum Gasteiger partial charge on any atom is -0.506 e. The van der Waals surface area contributed by atoms with Gasteiger partial charge in [0.25, 0.3) is 0 Å². The van der Waals surface area contributed by atoms with Gasteiger partial charge in [0.15, 0.2) is 0 Å². The molecule has 0 aliphatic heterocycles. The van der Waals surface area contributed by atoms with Gasteiger partial charge in [-0.2, -0.15) is 0 Å². The molecule has 0 atom stereocenters. The molecular formula is C10H12BrN3O. The van der Waals surface area contributed by atoms with E-state index in [1.165, 1.54) is 0 Å². The smallest absolute Gasteiger partial charge is 0.132 e. The molecule has 0 radical (unpaired) electrons. The predicted molar refractivity (Wildman–Crippen MR) is 62.2 cm³/mol. The molecule has 80 valence electrons. The van der Waals surface area contributed by atoms with E-state index < -0.39 is 0 Å². The number of hydrogen-bond acceptors (Lipinski definition) is 3. The molecule has 0 fully saturated rings. The lowest BCUT2D eigenvalue weighted by atomic mass is 10.3. The van der Waals surface area contributed by atoms with Crippen LogP contribution < -0.4 is 5.32 Å². The van der Waals surface area contributed by atoms with Gasteiger partial charge in [0.2, 0.25) is 0 Å². The summed E-state index contributed by atoms with van der Waals surface area (Å²) in [6, 6.07) is 3.50. The van der Waals surface area contributed by atoms with Gasteiger partial charge in [0, 0.05) is 13.0 Å². The fraction of sp³-hybridized carbons (Fsp3) is 0.300. The Morgan fingerprint density at radius 1 is 1.53 bits per heavy atom. The molecule has 2 N–H and O–H groups in total. The van der Waals surface area contributed by atoms with Crippen molar-refractivity contribution in [1.29, 1.82) is 0 Å². The molecule has 0 saturated carbocycles. The van der Waals surface area contributed by atoms with Gasteiger partial charge in [0.1, 0.15) is 16.2 Å². The molecular weight excluding hydrogens is 258 g/mol. The summed E-state index contributed by atoms with van der Waals surface area (Å²) >= 11 is 3.40. The van der Waals surface area contributed by atoms with Gasteiger partial charge in [-0.15, -0.1) is 0 Å². The number of pyridine rings is 1. The fourth-order valence-corrected chi connectivity index (χ4v) is 2.04. The Morgan fingerprint density at radius 2 is 2.33 bits per heavy atom. The largest absolute Gasteiger partial charge is 0.506 e. The molecule has 2 rings (SSSR count). The quantitative estimate of drug-likeness (QED) is 0.890. The first-order valence-corrected chi connectivity index (χ1v) is 5.51. The molecule has 5 heteroatoms. The number of aromatic hydroxyl groups is 1. The van der Waals surface area contributed by atoms with E-state index in [0.29, 0.717) is 0 Å². The van der Waals surface area contributed by atoms with Crippen molar-refractivity contribution in [3.8, 4) is 5.75 Å². The zero-order chi connectivity index (χ0) is 10.8. The van der Waals surface area contributed by atoms with Crippen LogP contribution in [0, 0.1) is 0 Å². The van der Waals surface area contributed by atoms with Crippen LogP contribution in [0.5, 0.6) is 5.75 Å². The lowest BCUT2D eigenvalue weighted by Gasteiger charge is -2.01. The monoisotopic (exact) mass is 269 g/mol. The highest BCUT2D eigenvalue weighted by Gasteiger charge is 2.08.